The number of hydrogen-bond acceptors (Lipinski definition) is 5. The number of thioether (sulfide) groups is 1. The second kappa shape index (κ2) is 10.6. The lowest BCUT2D eigenvalue weighted by molar-refractivity contribution is 0.177. The van der Waals surface area contributed by atoms with Gasteiger partial charge in [0, 0.05) is 24.5 Å². The lowest BCUT2D eigenvalue weighted by Gasteiger charge is -2.28. The topological polar surface area (TPSA) is 35.9 Å². The van der Waals surface area contributed by atoms with Crippen LogP contribution in [0.3, 0.4) is 0 Å². The van der Waals surface area contributed by atoms with Gasteiger partial charge in [-0.3, -0.25) is 0 Å². The summed E-state index contributed by atoms with van der Waals surface area (Å²) in [6.07, 6.45) is 0.200. The minimum absolute atomic E-state index is 0.213. The SMILES string of the molecule is COc1ccc(C2Sc3cc(Cc4ccccc4)ccc3N(CCN(C)C)CC2O)cc1F. The summed E-state index contributed by atoms with van der Waals surface area (Å²) in [5, 5.41) is 10.9. The van der Waals surface area contributed by atoms with Crippen molar-refractivity contribution in [3.63, 3.8) is 0 Å². The number of ether oxygens (including phenoxy) is 1. The van der Waals surface area contributed by atoms with Gasteiger partial charge in [0.25, 0.3) is 0 Å². The van der Waals surface area contributed by atoms with Crippen molar-refractivity contribution in [2.24, 2.45) is 0 Å². The van der Waals surface area contributed by atoms with Gasteiger partial charge in [0.2, 0.25) is 0 Å². The van der Waals surface area contributed by atoms with Crippen molar-refractivity contribution in [1.29, 1.82) is 0 Å². The highest BCUT2D eigenvalue weighted by Gasteiger charge is 2.31. The van der Waals surface area contributed by atoms with Gasteiger partial charge in [0.1, 0.15) is 0 Å². The van der Waals surface area contributed by atoms with Crippen LogP contribution in [0.5, 0.6) is 5.75 Å². The van der Waals surface area contributed by atoms with Crippen LogP contribution in [0.1, 0.15) is 21.9 Å². The highest BCUT2D eigenvalue weighted by molar-refractivity contribution is 7.99. The number of likely N-dealkylation sites (N-methyl/N-ethyl adjacent to an activating group) is 1. The summed E-state index contributed by atoms with van der Waals surface area (Å²) >= 11 is 1.61. The second-order valence-electron chi connectivity index (χ2n) is 8.71. The smallest absolute Gasteiger partial charge is 0.165 e. The van der Waals surface area contributed by atoms with Gasteiger partial charge in [-0.15, -0.1) is 11.8 Å². The van der Waals surface area contributed by atoms with E-state index in [-0.39, 0.29) is 11.0 Å². The van der Waals surface area contributed by atoms with Crippen molar-refractivity contribution < 1.29 is 14.2 Å². The van der Waals surface area contributed by atoms with Gasteiger partial charge in [0.05, 0.1) is 24.2 Å². The summed E-state index contributed by atoms with van der Waals surface area (Å²) in [5.41, 5.74) is 4.36. The highest BCUT2D eigenvalue weighted by Crippen LogP contribution is 2.46. The fourth-order valence-electron chi connectivity index (χ4n) is 4.17. The molecule has 0 bridgehead atoms. The van der Waals surface area contributed by atoms with Crippen molar-refractivity contribution >= 4 is 17.4 Å². The van der Waals surface area contributed by atoms with Gasteiger partial charge < -0.3 is 19.6 Å². The predicted octanol–water partition coefficient (Wildman–Crippen LogP) is 5.00. The van der Waals surface area contributed by atoms with Crippen molar-refractivity contribution in [2.45, 2.75) is 22.7 Å². The molecule has 1 aliphatic rings. The fourth-order valence-corrected chi connectivity index (χ4v) is 5.51. The summed E-state index contributed by atoms with van der Waals surface area (Å²) in [5.74, 6) is -0.195. The highest BCUT2D eigenvalue weighted by atomic mass is 32.2. The molecule has 4 rings (SSSR count). The number of aliphatic hydroxyl groups excluding tert-OH is 1. The number of rotatable bonds is 7. The molecule has 1 heterocycles. The third kappa shape index (κ3) is 5.69. The molecular weight excluding hydrogens is 435 g/mol. The first-order valence-corrected chi connectivity index (χ1v) is 12.1. The Morgan fingerprint density at radius 3 is 2.55 bits per heavy atom. The van der Waals surface area contributed by atoms with Crippen molar-refractivity contribution in [3.8, 4) is 5.75 Å². The third-order valence-corrected chi connectivity index (χ3v) is 7.37. The van der Waals surface area contributed by atoms with E-state index in [4.69, 9.17) is 4.74 Å². The molecule has 0 aliphatic carbocycles. The molecule has 0 saturated carbocycles. The van der Waals surface area contributed by atoms with Crippen LogP contribution < -0.4 is 9.64 Å². The monoisotopic (exact) mass is 466 g/mol. The molecule has 2 atom stereocenters. The Balaban J connectivity index is 1.69. The largest absolute Gasteiger partial charge is 0.494 e. The molecule has 1 aliphatic heterocycles. The van der Waals surface area contributed by atoms with Gasteiger partial charge in [0.15, 0.2) is 11.6 Å². The lowest BCUT2D eigenvalue weighted by Crippen LogP contribution is -2.38. The van der Waals surface area contributed by atoms with E-state index < -0.39 is 11.9 Å². The zero-order chi connectivity index (χ0) is 23.4. The number of fused-ring (bicyclic) bond motifs is 1. The first-order chi connectivity index (χ1) is 15.9. The number of nitrogens with zero attached hydrogens (tertiary/aromatic N) is 2. The summed E-state index contributed by atoms with van der Waals surface area (Å²) in [4.78, 5) is 5.50. The molecular formula is C27H31FN2O2S. The number of benzene rings is 3. The van der Waals surface area contributed by atoms with Crippen LogP contribution in [0.15, 0.2) is 71.6 Å². The van der Waals surface area contributed by atoms with E-state index in [9.17, 15) is 9.50 Å². The average molecular weight is 467 g/mol. The molecule has 0 saturated heterocycles. The Hall–Kier alpha value is -2.54. The van der Waals surface area contributed by atoms with E-state index in [0.717, 1.165) is 35.7 Å². The van der Waals surface area contributed by atoms with Crippen LogP contribution >= 0.6 is 11.8 Å². The number of methoxy groups -OCH3 is 1. The Kier molecular flexibility index (Phi) is 7.58. The summed E-state index contributed by atoms with van der Waals surface area (Å²) in [7, 11) is 5.56. The van der Waals surface area contributed by atoms with E-state index in [1.807, 2.05) is 12.1 Å². The Morgan fingerprint density at radius 1 is 1.06 bits per heavy atom. The van der Waals surface area contributed by atoms with Crippen LogP contribution in [0, 0.1) is 5.82 Å². The molecule has 174 valence electrons. The molecule has 4 nitrogen and oxygen atoms in total. The minimum Gasteiger partial charge on any atom is -0.494 e. The second-order valence-corrected chi connectivity index (χ2v) is 9.90. The van der Waals surface area contributed by atoms with Gasteiger partial charge in [-0.2, -0.15) is 0 Å². The molecule has 3 aromatic rings. The zero-order valence-corrected chi connectivity index (χ0v) is 20.2. The quantitative estimate of drug-likeness (QED) is 0.530. The number of anilines is 1. The molecule has 0 spiro atoms. The van der Waals surface area contributed by atoms with Crippen LogP contribution in [-0.4, -0.2) is 56.9 Å². The van der Waals surface area contributed by atoms with E-state index >= 15 is 0 Å². The molecule has 33 heavy (non-hydrogen) atoms. The molecule has 0 fully saturated rings. The molecule has 6 heteroatoms. The average Bonchev–Trinajstić information content (AvgIpc) is 2.94. The fraction of sp³-hybridized carbons (Fsp3) is 0.333. The van der Waals surface area contributed by atoms with Gasteiger partial charge >= 0.3 is 0 Å². The summed E-state index contributed by atoms with van der Waals surface area (Å²) < 4.78 is 19.6. The number of hydrogen-bond donors (Lipinski definition) is 1. The summed E-state index contributed by atoms with van der Waals surface area (Å²) in [6.45, 7) is 2.17. The van der Waals surface area contributed by atoms with Gasteiger partial charge in [-0.25, -0.2) is 4.39 Å². The maximum absolute atomic E-state index is 14.5. The van der Waals surface area contributed by atoms with Crippen LogP contribution in [0.4, 0.5) is 10.1 Å². The van der Waals surface area contributed by atoms with Crippen molar-refractivity contribution in [3.05, 3.63) is 89.2 Å². The van der Waals surface area contributed by atoms with E-state index in [0.29, 0.717) is 6.54 Å². The van der Waals surface area contributed by atoms with E-state index in [1.54, 1.807) is 17.8 Å². The van der Waals surface area contributed by atoms with E-state index in [1.165, 1.54) is 24.3 Å². The Morgan fingerprint density at radius 2 is 1.85 bits per heavy atom. The minimum atomic E-state index is -0.644. The summed E-state index contributed by atoms with van der Waals surface area (Å²) in [6, 6.07) is 22.0. The van der Waals surface area contributed by atoms with Crippen LogP contribution in [0.25, 0.3) is 0 Å². The molecule has 3 aromatic carbocycles. The van der Waals surface area contributed by atoms with Gasteiger partial charge in [-0.05, 0) is 61.5 Å². The van der Waals surface area contributed by atoms with Crippen molar-refractivity contribution in [1.82, 2.24) is 4.90 Å². The maximum atomic E-state index is 14.5. The molecule has 0 radical (unpaired) electrons. The number of aliphatic hydroxyl groups is 1. The van der Waals surface area contributed by atoms with E-state index in [2.05, 4.69) is 66.4 Å². The first-order valence-electron chi connectivity index (χ1n) is 11.2. The van der Waals surface area contributed by atoms with Crippen LogP contribution in [0.2, 0.25) is 0 Å². The van der Waals surface area contributed by atoms with Crippen LogP contribution in [-0.2, 0) is 6.42 Å². The number of β-amino-alcohol motifs (C(OH)–C–C–N with tert-alkyl or cyclic N) is 1. The Bertz CT molecular complexity index is 1080. The van der Waals surface area contributed by atoms with Gasteiger partial charge in [-0.1, -0.05) is 42.5 Å². The first kappa shape index (κ1) is 23.6. The van der Waals surface area contributed by atoms with Crippen molar-refractivity contribution in [2.75, 3.05) is 45.7 Å². The molecule has 0 amide bonds. The zero-order valence-electron chi connectivity index (χ0n) is 19.4. The standard InChI is InChI=1S/C27H31FN2O2S/c1-29(2)13-14-30-18-24(31)27(21-10-12-25(32-3)22(28)17-21)33-26-16-20(9-11-23(26)30)15-19-7-5-4-6-8-19/h4-12,16-17,24,27,31H,13-15,18H2,1-3H3. The lowest BCUT2D eigenvalue weighted by atomic mass is 10.0. The normalized spacial score (nSPS) is 18.2. The number of halogens is 1. The Labute approximate surface area is 200 Å². The predicted molar refractivity (Wildman–Crippen MR) is 134 cm³/mol. The molecule has 2 unspecified atom stereocenters. The molecule has 0 aromatic heterocycles. The molecule has 1 N–H and O–H groups in total. The maximum Gasteiger partial charge on any atom is 0.165 e. The third-order valence-electron chi connectivity index (χ3n) is 5.95.